The van der Waals surface area contributed by atoms with Crippen molar-refractivity contribution < 1.29 is 24.2 Å². The Morgan fingerprint density at radius 3 is 2.29 bits per heavy atom. The van der Waals surface area contributed by atoms with Crippen LogP contribution in [0, 0.1) is 0 Å². The fraction of sp³-hybridized carbons (Fsp3) is 0.346. The monoisotopic (exact) mass is 476 g/mol. The van der Waals surface area contributed by atoms with E-state index in [9.17, 15) is 14.7 Å². The Bertz CT molecular complexity index is 1240. The van der Waals surface area contributed by atoms with Crippen LogP contribution < -0.4 is 14.5 Å². The van der Waals surface area contributed by atoms with E-state index in [1.807, 2.05) is 46.2 Å². The van der Waals surface area contributed by atoms with E-state index in [-0.39, 0.29) is 11.6 Å². The third-order valence-electron chi connectivity index (χ3n) is 6.68. The number of hydrogen-bond donors (Lipinski definition) is 1. The Balaban J connectivity index is 1.49. The second kappa shape index (κ2) is 9.42. The first-order valence-electron chi connectivity index (χ1n) is 11.7. The first-order chi connectivity index (χ1) is 17.0. The van der Waals surface area contributed by atoms with Gasteiger partial charge in [0.15, 0.2) is 11.9 Å². The summed E-state index contributed by atoms with van der Waals surface area (Å²) in [5.74, 6) is 0.299. The molecule has 2 aliphatic rings. The van der Waals surface area contributed by atoms with Crippen LogP contribution in [0.2, 0.25) is 0 Å². The number of ether oxygens (including phenoxy) is 2. The minimum absolute atomic E-state index is 0.144. The van der Waals surface area contributed by atoms with Gasteiger partial charge in [0.2, 0.25) is 5.91 Å². The van der Waals surface area contributed by atoms with Crippen molar-refractivity contribution in [1.29, 1.82) is 0 Å². The Hall–Kier alpha value is -3.85. The van der Waals surface area contributed by atoms with Gasteiger partial charge in [-0.15, -0.1) is 0 Å². The zero-order chi connectivity index (χ0) is 24.5. The minimum atomic E-state index is -1.03. The molecule has 3 aromatic rings. The molecule has 1 atom stereocenters. The van der Waals surface area contributed by atoms with E-state index in [1.54, 1.807) is 23.9 Å². The molecule has 9 nitrogen and oxygen atoms in total. The number of piperidine rings is 1. The topological polar surface area (TPSA) is 97.1 Å². The largest absolute Gasteiger partial charge is 0.497 e. The molecule has 1 fully saturated rings. The molecule has 1 amide bonds. The van der Waals surface area contributed by atoms with E-state index in [4.69, 9.17) is 9.47 Å². The molecule has 9 heteroatoms. The summed E-state index contributed by atoms with van der Waals surface area (Å²) < 4.78 is 11.8. The summed E-state index contributed by atoms with van der Waals surface area (Å²) in [6.07, 6.45) is 1.99. The van der Waals surface area contributed by atoms with Crippen LogP contribution in [0.25, 0.3) is 5.69 Å². The van der Waals surface area contributed by atoms with Crippen molar-refractivity contribution in [3.8, 4) is 11.4 Å². The number of methoxy groups -OCH3 is 2. The molecule has 3 heterocycles. The van der Waals surface area contributed by atoms with Gasteiger partial charge in [-0.2, -0.15) is 5.10 Å². The molecular formula is C26H28N4O5. The van der Waals surface area contributed by atoms with Crippen LogP contribution in [0.3, 0.4) is 0 Å². The maximum Gasteiger partial charge on any atom is 0.358 e. The van der Waals surface area contributed by atoms with E-state index in [0.717, 1.165) is 30.8 Å². The van der Waals surface area contributed by atoms with Gasteiger partial charge in [0.05, 0.1) is 25.6 Å². The van der Waals surface area contributed by atoms with Crippen LogP contribution in [-0.4, -0.2) is 54.1 Å². The molecule has 0 spiro atoms. The van der Waals surface area contributed by atoms with E-state index in [1.165, 1.54) is 7.11 Å². The molecule has 1 unspecified atom stereocenters. The number of amides is 1. The van der Waals surface area contributed by atoms with Crippen molar-refractivity contribution >= 4 is 23.3 Å². The maximum atomic E-state index is 12.5. The Morgan fingerprint density at radius 1 is 0.943 bits per heavy atom. The lowest BCUT2D eigenvalue weighted by atomic mass is 10.0. The second-order valence-corrected chi connectivity index (χ2v) is 8.65. The van der Waals surface area contributed by atoms with Gasteiger partial charge in [0.25, 0.3) is 0 Å². The van der Waals surface area contributed by atoms with Crippen molar-refractivity contribution in [1.82, 2.24) is 9.78 Å². The van der Waals surface area contributed by atoms with Gasteiger partial charge in [-0.1, -0.05) is 0 Å². The highest BCUT2D eigenvalue weighted by molar-refractivity contribution is 5.94. The summed E-state index contributed by atoms with van der Waals surface area (Å²) in [5, 5.41) is 16.0. The Morgan fingerprint density at radius 2 is 1.63 bits per heavy atom. The number of nitrogens with zero attached hydrogens (tertiary/aromatic N) is 4. The SMILES string of the molecule is COC(=O)c1nn(-c2ccc(OC)cc2)c2c1CCN(c1ccc(N3CCCCC3=O)cc1)C2O. The van der Waals surface area contributed by atoms with Crippen LogP contribution in [0.5, 0.6) is 5.75 Å². The van der Waals surface area contributed by atoms with Crippen molar-refractivity contribution in [2.45, 2.75) is 31.9 Å². The molecule has 182 valence electrons. The molecule has 0 bridgehead atoms. The average Bonchev–Trinajstić information content (AvgIpc) is 3.29. The number of aliphatic hydroxyl groups is 1. The van der Waals surface area contributed by atoms with Crippen LogP contribution in [0.1, 0.15) is 47.2 Å². The number of hydrogen-bond acceptors (Lipinski definition) is 7. The first kappa shape index (κ1) is 22.9. The molecular weight excluding hydrogens is 448 g/mol. The van der Waals surface area contributed by atoms with Gasteiger partial charge < -0.3 is 24.4 Å². The Labute approximate surface area is 203 Å². The lowest BCUT2D eigenvalue weighted by Gasteiger charge is -2.35. The number of fused-ring (bicyclic) bond motifs is 1. The summed E-state index contributed by atoms with van der Waals surface area (Å²) in [6.45, 7) is 1.22. The van der Waals surface area contributed by atoms with Gasteiger partial charge in [-0.25, -0.2) is 9.48 Å². The van der Waals surface area contributed by atoms with Crippen LogP contribution in [0.15, 0.2) is 48.5 Å². The highest BCUT2D eigenvalue weighted by Crippen LogP contribution is 2.36. The van der Waals surface area contributed by atoms with Gasteiger partial charge in [-0.05, 0) is 67.8 Å². The second-order valence-electron chi connectivity index (χ2n) is 8.65. The minimum Gasteiger partial charge on any atom is -0.497 e. The molecule has 0 aliphatic carbocycles. The third kappa shape index (κ3) is 4.12. The van der Waals surface area contributed by atoms with Crippen molar-refractivity contribution in [2.24, 2.45) is 0 Å². The van der Waals surface area contributed by atoms with Crippen LogP contribution in [-0.2, 0) is 16.0 Å². The van der Waals surface area contributed by atoms with Gasteiger partial charge in [0, 0.05) is 36.4 Å². The fourth-order valence-electron chi connectivity index (χ4n) is 4.83. The lowest BCUT2D eigenvalue weighted by Crippen LogP contribution is -2.37. The highest BCUT2D eigenvalue weighted by Gasteiger charge is 2.35. The third-order valence-corrected chi connectivity index (χ3v) is 6.68. The number of anilines is 2. The number of esters is 1. The molecule has 1 aromatic heterocycles. The van der Waals surface area contributed by atoms with E-state index in [2.05, 4.69) is 5.10 Å². The lowest BCUT2D eigenvalue weighted by molar-refractivity contribution is -0.119. The highest BCUT2D eigenvalue weighted by atomic mass is 16.5. The van der Waals surface area contributed by atoms with Gasteiger partial charge >= 0.3 is 5.97 Å². The summed E-state index contributed by atoms with van der Waals surface area (Å²) in [7, 11) is 2.91. The molecule has 1 N–H and O–H groups in total. The zero-order valence-electron chi connectivity index (χ0n) is 19.8. The Kier molecular flexibility index (Phi) is 6.17. The van der Waals surface area contributed by atoms with Crippen LogP contribution in [0.4, 0.5) is 11.4 Å². The average molecular weight is 477 g/mol. The normalized spacial score (nSPS) is 17.8. The molecule has 2 aliphatic heterocycles. The number of carbonyl (C=O) groups is 2. The van der Waals surface area contributed by atoms with Crippen molar-refractivity contribution in [2.75, 3.05) is 37.1 Å². The fourth-order valence-corrected chi connectivity index (χ4v) is 4.83. The zero-order valence-corrected chi connectivity index (χ0v) is 19.8. The number of carbonyl (C=O) groups excluding carboxylic acids is 2. The van der Waals surface area contributed by atoms with Gasteiger partial charge in [0.1, 0.15) is 5.75 Å². The predicted octanol–water partition coefficient (Wildman–Crippen LogP) is 3.24. The van der Waals surface area contributed by atoms with Crippen molar-refractivity contribution in [3.63, 3.8) is 0 Å². The number of aromatic nitrogens is 2. The van der Waals surface area contributed by atoms with Crippen molar-refractivity contribution in [3.05, 3.63) is 65.5 Å². The number of rotatable bonds is 5. The van der Waals surface area contributed by atoms with E-state index < -0.39 is 12.2 Å². The standard InChI is InChI=1S/C26H28N4O5/c1-34-20-12-10-19(11-13-20)30-24-21(23(27-30)26(33)35-2)14-16-29(25(24)32)18-8-6-17(7-9-18)28-15-4-3-5-22(28)31/h6-13,25,32H,3-5,14-16H2,1-2H3. The summed E-state index contributed by atoms with van der Waals surface area (Å²) in [4.78, 5) is 28.4. The molecule has 2 aromatic carbocycles. The molecule has 0 radical (unpaired) electrons. The molecule has 1 saturated heterocycles. The van der Waals surface area contributed by atoms with Crippen LogP contribution >= 0.6 is 0 Å². The first-order valence-corrected chi connectivity index (χ1v) is 11.7. The molecule has 0 saturated carbocycles. The summed E-state index contributed by atoms with van der Waals surface area (Å²) in [5.41, 5.74) is 3.78. The van der Waals surface area contributed by atoms with E-state index >= 15 is 0 Å². The number of aliphatic hydroxyl groups excluding tert-OH is 1. The molecule has 5 rings (SSSR count). The quantitative estimate of drug-likeness (QED) is 0.565. The predicted molar refractivity (Wildman–Crippen MR) is 130 cm³/mol. The summed E-state index contributed by atoms with van der Waals surface area (Å²) >= 11 is 0. The van der Waals surface area contributed by atoms with Gasteiger partial charge in [-0.3, -0.25) is 4.79 Å². The van der Waals surface area contributed by atoms with E-state index in [0.29, 0.717) is 42.1 Å². The number of benzene rings is 2. The molecule has 35 heavy (non-hydrogen) atoms. The maximum absolute atomic E-state index is 12.5. The smallest absolute Gasteiger partial charge is 0.358 e. The summed E-state index contributed by atoms with van der Waals surface area (Å²) in [6, 6.07) is 14.9.